The van der Waals surface area contributed by atoms with Gasteiger partial charge in [-0.15, -0.1) is 43.3 Å². The number of ketones is 3. The van der Waals surface area contributed by atoms with E-state index in [2.05, 4.69) is 74.0 Å². The van der Waals surface area contributed by atoms with Crippen LogP contribution in [0.25, 0.3) is 22.4 Å². The molecule has 15 nitrogen and oxygen atoms in total. The third-order valence-electron chi connectivity index (χ3n) is 19.9. The van der Waals surface area contributed by atoms with Crippen molar-refractivity contribution in [1.82, 2.24) is 19.9 Å². The summed E-state index contributed by atoms with van der Waals surface area (Å²) >= 11 is 8.03. The Hall–Kier alpha value is -4.63. The van der Waals surface area contributed by atoms with Crippen molar-refractivity contribution < 1.29 is 146 Å². The fourth-order valence-electron chi connectivity index (χ4n) is 13.9. The summed E-state index contributed by atoms with van der Waals surface area (Å²) in [7, 11) is -1.20. The Morgan fingerprint density at radius 2 is 0.887 bits per heavy atom. The summed E-state index contributed by atoms with van der Waals surface area (Å²) in [6.07, 6.45) is 37.0. The van der Waals surface area contributed by atoms with Gasteiger partial charge in [-0.1, -0.05) is 299 Å². The van der Waals surface area contributed by atoms with Crippen molar-refractivity contribution in [2.45, 2.75) is 128 Å². The zero-order valence-corrected chi connectivity index (χ0v) is 86.8. The van der Waals surface area contributed by atoms with Crippen LogP contribution in [0.5, 0.6) is 11.5 Å². The molecule has 14 rings (SSSR count). The number of carbonyl (C=O) groups excluding carboxylic acids is 3. The van der Waals surface area contributed by atoms with Crippen LogP contribution >= 0.6 is 27.8 Å². The number of pyridine rings is 4. The quantitative estimate of drug-likeness (QED) is 0.0111. The van der Waals surface area contributed by atoms with Crippen LogP contribution in [0.15, 0.2) is 310 Å². The molecule has 0 saturated heterocycles. The van der Waals surface area contributed by atoms with Crippen LogP contribution in [-0.4, -0.2) is 143 Å². The summed E-state index contributed by atoms with van der Waals surface area (Å²) in [5.74, 6) is 1.28. The van der Waals surface area contributed by atoms with Crippen LogP contribution in [0.2, 0.25) is 5.15 Å². The Kier molecular flexibility index (Phi) is 60.8. The van der Waals surface area contributed by atoms with Crippen molar-refractivity contribution in [1.29, 1.82) is 0 Å². The monoisotopic (exact) mass is 1980 g/mol. The van der Waals surface area contributed by atoms with E-state index in [1.165, 1.54) is 156 Å². The number of nitrogens with zero attached hydrogens (tertiary/aromatic N) is 4. The molecule has 8 aromatic carbocycles. The molecule has 2 aliphatic carbocycles. The molecule has 0 amide bonds. The summed E-state index contributed by atoms with van der Waals surface area (Å²) in [5.41, 5.74) is 15.7. The van der Waals surface area contributed by atoms with Gasteiger partial charge in [-0.25, -0.2) is 9.66 Å². The molecule has 2 saturated carbocycles. The molecular formula is C100H106BClK3N4O11P2Pd2-3. The number of carbonyl (C=O) groups is 3. The van der Waals surface area contributed by atoms with Gasteiger partial charge in [0.05, 0.1) is 25.5 Å². The van der Waals surface area contributed by atoms with E-state index in [4.69, 9.17) is 45.8 Å². The summed E-state index contributed by atoms with van der Waals surface area (Å²) in [6, 6.07) is 90.4. The van der Waals surface area contributed by atoms with Gasteiger partial charge < -0.3 is 76.2 Å². The van der Waals surface area contributed by atoms with Crippen molar-refractivity contribution in [3.05, 3.63) is 392 Å². The molecule has 2 aliphatic rings. The predicted octanol–water partition coefficient (Wildman–Crippen LogP) is 15.3. The van der Waals surface area contributed by atoms with E-state index in [0.29, 0.717) is 49.1 Å². The number of hydrogen-bond donors (Lipinski definition) is 2. The van der Waals surface area contributed by atoms with Gasteiger partial charge in [0.25, 0.3) is 0 Å². The molecule has 2 fully saturated rings. The topological polar surface area (TPSA) is 234 Å². The van der Waals surface area contributed by atoms with Gasteiger partial charge in [-0.3, -0.25) is 15.0 Å². The van der Waals surface area contributed by atoms with Crippen molar-refractivity contribution in [3.63, 3.8) is 0 Å². The molecule has 638 valence electrons. The maximum atomic E-state index is 13.5. The average Bonchev–Trinajstić information content (AvgIpc) is 0.772. The Labute approximate surface area is 858 Å². The van der Waals surface area contributed by atoms with Gasteiger partial charge in [-0.05, 0) is 168 Å². The molecule has 124 heavy (non-hydrogen) atoms. The first-order valence-electron chi connectivity index (χ1n) is 41.3. The first kappa shape index (κ1) is 112. The number of hydrogen-bond acceptors (Lipinski definition) is 15. The number of methoxy groups -OCH3 is 2. The number of benzene rings is 8. The number of ether oxygens (including phenoxy) is 2. The predicted molar refractivity (Wildman–Crippen MR) is 490 cm³/mol. The second kappa shape index (κ2) is 67.5. The normalized spacial score (nSPS) is 12.3. The summed E-state index contributed by atoms with van der Waals surface area (Å²) in [6.45, 7) is 4.04. The minimum atomic E-state index is -3.15. The Morgan fingerprint density at radius 1 is 0.508 bits per heavy atom. The van der Waals surface area contributed by atoms with Crippen LogP contribution < -0.4 is 81.8 Å². The van der Waals surface area contributed by atoms with E-state index in [-0.39, 0.29) is 129 Å². The first-order valence-corrected chi connectivity index (χ1v) is 60.3. The van der Waals surface area contributed by atoms with E-state index in [0.717, 1.165) is 67.5 Å². The van der Waals surface area contributed by atoms with Crippen LogP contribution in [0.3, 0.4) is 0 Å². The van der Waals surface area contributed by atoms with Gasteiger partial charge in [0.15, 0.2) is 0 Å². The fraction of sp³-hybridized carbons (Fsp3) is 0.240. The zero-order chi connectivity index (χ0) is 86.4. The Bertz CT molecular complexity index is 4670. The van der Waals surface area contributed by atoms with Crippen molar-refractivity contribution >= 4 is 126 Å². The van der Waals surface area contributed by atoms with E-state index in [1.54, 1.807) is 75.9 Å². The second-order valence-electron chi connectivity index (χ2n) is 28.7. The third kappa shape index (κ3) is 43.9. The molecule has 2 N–H and O–H groups in total. The molecule has 3 unspecified atom stereocenters. The summed E-state index contributed by atoms with van der Waals surface area (Å²) in [4.78, 5) is 63.4. The van der Waals surface area contributed by atoms with Crippen LogP contribution in [0.4, 0.5) is 0 Å². The van der Waals surface area contributed by atoms with E-state index < -0.39 is 15.4 Å². The first-order chi connectivity index (χ1) is 59.1. The maximum absolute atomic E-state index is 13.5. The van der Waals surface area contributed by atoms with Gasteiger partial charge in [0, 0.05) is 68.6 Å². The summed E-state index contributed by atoms with van der Waals surface area (Å²) < 4.78 is 22.9. The molecule has 4 aromatic heterocycles. The minimum Gasteiger partial charge on any atom is 0 e. The Balaban J connectivity index is 0.000000328. The molecular weight excluding hydrogens is 1870 g/mol. The zero-order valence-electron chi connectivity index (χ0n) is 71.8. The number of rotatable bonds is 29. The molecule has 0 aliphatic heterocycles. The SMILES string of the molecule is COc1cccc(OC)c1-c1ccccc1P(C1CCCCC1)C1CCCCC1.Cc1ccnc(-c2cccnc2)c1.Cc1ccnc(Cl)c1.O=C([CH-]Cc1ccccc1)C([CH-]C(Cc1ccccc1)C(=O)[CH-]Cc1ccccc1)Cc1ccccc1.O=C([CH-]Cc1ccccc1)[CH-]Cc1ccccc1.O=[P+]([O-])O[O-].OB(O)c1cccnc1.[K+].[K][K].[Pd+2].[Pd]. The molecule has 0 radical (unpaired) electrons. The van der Waals surface area contributed by atoms with Crippen molar-refractivity contribution in [2.24, 2.45) is 11.8 Å². The largest absolute Gasteiger partial charge is 2.00 e. The maximum Gasteiger partial charge on any atom is 2.00 e. The van der Waals surface area contributed by atoms with Crippen LogP contribution in [0.1, 0.15) is 109 Å². The van der Waals surface area contributed by atoms with E-state index in [1.807, 2.05) is 244 Å². The number of aromatic nitrogens is 4. The number of halogens is 1. The summed E-state index contributed by atoms with van der Waals surface area (Å²) in [5, 5.41) is 27.8. The Morgan fingerprint density at radius 3 is 1.23 bits per heavy atom. The standard InChI is InChI=1S/C35H33O2.C26H35O2P.C17H16O.C11H10N2.C6H6ClN.C5H6BNO2.3K.HO4P.2Pd/c36-34(23-21-28-13-5-1-6-14-28)32(25-30-17-9-3-10-18-30)27-33(26-31-19-11-4-12-20-31)35(37)24-22-29-15-7-2-8-16-29;1-27-23-17-11-18-24(28-2)26(23)22-16-9-10-19-25(22)29(20-12-5-3-6-13-20)21-14-7-4-8-15-21;18-17(13-11-15-7-3-1-4-8-15)14-12-16-9-5-2-6-10-16;1-9-4-6-13-11(7-9)10-3-2-5-12-8-10;1-5-2-3-8-6(7)4-5;8-6(9)5-2-1-3-7-4-5;;;;1-4-5(2)3;;/h1-20,23-24,27,32-33H,21-22,25-26H2;9-11,16-21H,3-8,12-15H2,1-2H3;1-10,13-14H,11-12H2;2-8H,1H3;2-4H,1H3;1-4,8-9H;;;;1H;;/q-3;;-2;;;;;;+1;;;+2/p-1. The molecule has 0 bridgehead atoms. The molecule has 3 atom stereocenters. The van der Waals surface area contributed by atoms with Crippen molar-refractivity contribution in [2.75, 3.05) is 14.2 Å². The smallest absolute Gasteiger partial charge is 0 e. The average molecular weight is 1980 g/mol. The fourth-order valence-corrected chi connectivity index (χ4v) is 18.1. The number of aryl methyl sites for hydroxylation is 2. The van der Waals surface area contributed by atoms with E-state index >= 15 is 0 Å². The number of Topliss-reactive ketones (excluding diaryl/α,β-unsaturated/α-hetero) is 3. The van der Waals surface area contributed by atoms with Gasteiger partial charge >= 0.3 is 150 Å². The van der Waals surface area contributed by atoms with Gasteiger partial charge in [0.1, 0.15) is 16.7 Å². The molecule has 24 heteroatoms. The minimum absolute atomic E-state index is 0. The van der Waals surface area contributed by atoms with E-state index in [9.17, 15) is 14.4 Å². The van der Waals surface area contributed by atoms with Crippen LogP contribution in [-0.2, 0) is 103 Å². The molecule has 12 aromatic rings. The van der Waals surface area contributed by atoms with Crippen LogP contribution in [0, 0.1) is 57.8 Å². The van der Waals surface area contributed by atoms with Crippen molar-refractivity contribution in [3.8, 4) is 33.9 Å². The third-order valence-corrected chi connectivity index (χ3v) is 23.8. The molecule has 4 heterocycles. The van der Waals surface area contributed by atoms with Gasteiger partial charge in [0.2, 0.25) is 0 Å². The molecule has 0 spiro atoms. The second-order valence-corrected chi connectivity index (χ2v) is 32.4. The van der Waals surface area contributed by atoms with Gasteiger partial charge in [-0.2, -0.15) is 0 Å².